The summed E-state index contributed by atoms with van der Waals surface area (Å²) in [5.74, 6) is -1.09. The Morgan fingerprint density at radius 3 is 2.25 bits per heavy atom. The van der Waals surface area contributed by atoms with E-state index in [-0.39, 0.29) is 11.7 Å². The van der Waals surface area contributed by atoms with Crippen LogP contribution in [0.5, 0.6) is 0 Å². The van der Waals surface area contributed by atoms with Crippen LogP contribution in [0.25, 0.3) is 0 Å². The number of alkyl halides is 3. The Balaban J connectivity index is 2.13. The Morgan fingerprint density at radius 1 is 1.15 bits per heavy atom. The minimum Gasteiger partial charge on any atom is -0.380 e. The molecule has 0 aromatic heterocycles. The second-order valence-electron chi connectivity index (χ2n) is 5.74. The molecule has 0 aliphatic heterocycles. The molecule has 20 heavy (non-hydrogen) atoms. The SMILES string of the molecule is CC(C)(C)O[C@@H]1C2C=CC1C(OS(=O)(=O)C(F)(F)F)=C2. The van der Waals surface area contributed by atoms with Gasteiger partial charge in [0.2, 0.25) is 0 Å². The molecule has 2 rings (SSSR count). The van der Waals surface area contributed by atoms with Gasteiger partial charge in [0.25, 0.3) is 0 Å². The van der Waals surface area contributed by atoms with Crippen LogP contribution >= 0.6 is 0 Å². The summed E-state index contributed by atoms with van der Waals surface area (Å²) in [5, 5.41) is 0. The summed E-state index contributed by atoms with van der Waals surface area (Å²) in [6.07, 6.45) is 4.33. The van der Waals surface area contributed by atoms with Crippen LogP contribution in [0.4, 0.5) is 13.2 Å². The molecule has 2 aliphatic rings. The normalized spacial score (nSPS) is 29.7. The molecule has 0 amide bonds. The van der Waals surface area contributed by atoms with E-state index >= 15 is 0 Å². The Bertz CT molecular complexity index is 554. The maximum Gasteiger partial charge on any atom is 0.534 e. The number of ether oxygens (including phenoxy) is 1. The van der Waals surface area contributed by atoms with Gasteiger partial charge >= 0.3 is 15.6 Å². The van der Waals surface area contributed by atoms with Crippen molar-refractivity contribution < 1.29 is 30.5 Å². The highest BCUT2D eigenvalue weighted by Crippen LogP contribution is 2.44. The monoisotopic (exact) mass is 312 g/mol. The lowest BCUT2D eigenvalue weighted by atomic mass is 10.1. The molecular formula is C12H15F3O4S. The van der Waals surface area contributed by atoms with Gasteiger partial charge < -0.3 is 8.92 Å². The van der Waals surface area contributed by atoms with E-state index in [1.165, 1.54) is 6.08 Å². The van der Waals surface area contributed by atoms with E-state index in [2.05, 4.69) is 4.18 Å². The van der Waals surface area contributed by atoms with E-state index in [9.17, 15) is 21.6 Å². The summed E-state index contributed by atoms with van der Waals surface area (Å²) < 4.78 is 68.9. The molecule has 0 saturated carbocycles. The minimum atomic E-state index is -5.63. The van der Waals surface area contributed by atoms with Gasteiger partial charge in [0.05, 0.1) is 17.6 Å². The van der Waals surface area contributed by atoms with Crippen LogP contribution in [0.2, 0.25) is 0 Å². The molecule has 0 spiro atoms. The fraction of sp³-hybridized carbons (Fsp3) is 0.667. The lowest BCUT2D eigenvalue weighted by Crippen LogP contribution is -2.32. The number of halogens is 3. The van der Waals surface area contributed by atoms with E-state index in [1.807, 2.05) is 20.8 Å². The van der Waals surface area contributed by atoms with Crippen molar-refractivity contribution in [1.82, 2.24) is 0 Å². The molecule has 2 bridgehead atoms. The maximum atomic E-state index is 12.3. The van der Waals surface area contributed by atoms with E-state index in [4.69, 9.17) is 4.74 Å². The summed E-state index contributed by atoms with van der Waals surface area (Å²) in [5.41, 5.74) is -5.92. The van der Waals surface area contributed by atoms with Gasteiger partial charge in [0.15, 0.2) is 0 Å². The molecule has 0 heterocycles. The van der Waals surface area contributed by atoms with Gasteiger partial charge in [0.1, 0.15) is 5.76 Å². The lowest BCUT2D eigenvalue weighted by Gasteiger charge is -2.28. The van der Waals surface area contributed by atoms with Crippen LogP contribution in [0.3, 0.4) is 0 Å². The van der Waals surface area contributed by atoms with Crippen LogP contribution in [0, 0.1) is 11.8 Å². The van der Waals surface area contributed by atoms with Crippen molar-refractivity contribution in [1.29, 1.82) is 0 Å². The van der Waals surface area contributed by atoms with Gasteiger partial charge in [-0.25, -0.2) is 0 Å². The van der Waals surface area contributed by atoms with Gasteiger partial charge in [-0.05, 0) is 26.8 Å². The van der Waals surface area contributed by atoms with Crippen LogP contribution in [-0.2, 0) is 19.0 Å². The first-order chi connectivity index (χ1) is 8.91. The zero-order valence-electron chi connectivity index (χ0n) is 11.1. The first kappa shape index (κ1) is 15.4. The van der Waals surface area contributed by atoms with Crippen molar-refractivity contribution in [3.8, 4) is 0 Å². The fourth-order valence-electron chi connectivity index (χ4n) is 2.23. The Hall–Kier alpha value is -1.02. The molecule has 0 saturated heterocycles. The first-order valence-electron chi connectivity index (χ1n) is 5.99. The number of hydrogen-bond donors (Lipinski definition) is 0. The zero-order valence-corrected chi connectivity index (χ0v) is 12.0. The van der Waals surface area contributed by atoms with Gasteiger partial charge in [-0.3, -0.25) is 0 Å². The van der Waals surface area contributed by atoms with Gasteiger partial charge in [-0.2, -0.15) is 21.6 Å². The average Bonchev–Trinajstić information content (AvgIpc) is 2.70. The van der Waals surface area contributed by atoms with Gasteiger partial charge in [-0.15, -0.1) is 0 Å². The maximum absolute atomic E-state index is 12.3. The van der Waals surface area contributed by atoms with Gasteiger partial charge in [-0.1, -0.05) is 12.2 Å². The zero-order chi connectivity index (χ0) is 15.3. The summed E-state index contributed by atoms with van der Waals surface area (Å²) >= 11 is 0. The third-order valence-electron chi connectivity index (χ3n) is 2.94. The van der Waals surface area contributed by atoms with E-state index in [1.54, 1.807) is 12.2 Å². The number of fused-ring (bicyclic) bond motifs is 2. The van der Waals surface area contributed by atoms with Crippen LogP contribution < -0.4 is 0 Å². The lowest BCUT2D eigenvalue weighted by molar-refractivity contribution is -0.0763. The average molecular weight is 312 g/mol. The second-order valence-corrected chi connectivity index (χ2v) is 7.27. The molecule has 3 atom stereocenters. The molecule has 8 heteroatoms. The summed E-state index contributed by atoms with van der Waals surface area (Å²) in [4.78, 5) is 0. The Kier molecular flexibility index (Phi) is 3.45. The van der Waals surface area contributed by atoms with Gasteiger partial charge in [0, 0.05) is 5.92 Å². The highest BCUT2D eigenvalue weighted by Gasteiger charge is 2.52. The molecule has 0 N–H and O–H groups in total. The predicted molar refractivity (Wildman–Crippen MR) is 64.9 cm³/mol. The van der Waals surface area contributed by atoms with Crippen LogP contribution in [0.15, 0.2) is 24.0 Å². The molecule has 0 aromatic rings. The quantitative estimate of drug-likeness (QED) is 0.457. The predicted octanol–water partition coefficient (Wildman–Crippen LogP) is 2.74. The summed E-state index contributed by atoms with van der Waals surface area (Å²) in [7, 11) is -5.63. The van der Waals surface area contributed by atoms with Crippen molar-refractivity contribution in [2.75, 3.05) is 0 Å². The molecule has 0 radical (unpaired) electrons. The van der Waals surface area contributed by atoms with Crippen molar-refractivity contribution in [3.63, 3.8) is 0 Å². The molecule has 4 nitrogen and oxygen atoms in total. The fourth-order valence-corrected chi connectivity index (χ4v) is 2.75. The van der Waals surface area contributed by atoms with Crippen molar-refractivity contribution in [2.45, 2.75) is 38.0 Å². The standard InChI is InChI=1S/C12H15F3O4S/c1-11(2,3)18-10-7-4-5-8(10)9(6-7)19-20(16,17)12(13,14)15/h4-8,10H,1-3H3/t7?,8?,10-/m1/s1. The second kappa shape index (κ2) is 4.49. The number of hydrogen-bond acceptors (Lipinski definition) is 4. The molecule has 2 aliphatic carbocycles. The van der Waals surface area contributed by atoms with Crippen LogP contribution in [-0.4, -0.2) is 25.6 Å². The first-order valence-corrected chi connectivity index (χ1v) is 7.40. The van der Waals surface area contributed by atoms with Crippen LogP contribution in [0.1, 0.15) is 20.8 Å². The highest BCUT2D eigenvalue weighted by molar-refractivity contribution is 7.87. The minimum absolute atomic E-state index is 0.218. The largest absolute Gasteiger partial charge is 0.534 e. The van der Waals surface area contributed by atoms with E-state index in [0.29, 0.717) is 0 Å². The summed E-state index contributed by atoms with van der Waals surface area (Å²) in [6, 6.07) is 0. The smallest absolute Gasteiger partial charge is 0.380 e. The third kappa shape index (κ3) is 2.85. The number of rotatable bonds is 3. The van der Waals surface area contributed by atoms with E-state index < -0.39 is 33.2 Å². The highest BCUT2D eigenvalue weighted by atomic mass is 32.2. The Morgan fingerprint density at radius 2 is 1.75 bits per heavy atom. The van der Waals surface area contributed by atoms with Crippen molar-refractivity contribution in [3.05, 3.63) is 24.0 Å². The third-order valence-corrected chi connectivity index (χ3v) is 3.92. The molecule has 114 valence electrons. The molecule has 0 aromatic carbocycles. The van der Waals surface area contributed by atoms with E-state index in [0.717, 1.165) is 0 Å². The van der Waals surface area contributed by atoms with Crippen molar-refractivity contribution in [2.24, 2.45) is 11.8 Å². The molecular weight excluding hydrogens is 297 g/mol. The molecule has 0 fully saturated rings. The Labute approximate surface area is 115 Å². The summed E-state index contributed by atoms with van der Waals surface area (Å²) in [6.45, 7) is 5.45. The van der Waals surface area contributed by atoms with Crippen molar-refractivity contribution >= 4 is 10.1 Å². The topological polar surface area (TPSA) is 52.6 Å². The molecule has 2 unspecified atom stereocenters.